The van der Waals surface area contributed by atoms with Gasteiger partial charge in [-0.1, -0.05) is 170 Å². The molecule has 0 saturated carbocycles. The molecule has 1 aromatic heterocycles. The van der Waals surface area contributed by atoms with Crippen LogP contribution in [0, 0.1) is 0 Å². The SMILES string of the molecule is c1ccc(-c2nc(-c3cccc(-c4cc5c6ccccc6c6ccccc6c5c5ccccc45)c3)nc(-c3cc4ccccc4c4ccccc34)n2)cc1. The Morgan fingerprint density at radius 1 is 0.241 bits per heavy atom. The first-order valence-corrected chi connectivity index (χ1v) is 18.4. The van der Waals surface area contributed by atoms with Crippen molar-refractivity contribution in [2.75, 3.05) is 0 Å². The van der Waals surface area contributed by atoms with Gasteiger partial charge in [0.25, 0.3) is 0 Å². The van der Waals surface area contributed by atoms with Gasteiger partial charge in [-0.25, -0.2) is 15.0 Å². The van der Waals surface area contributed by atoms with Gasteiger partial charge in [0.1, 0.15) is 0 Å². The second-order valence-electron chi connectivity index (χ2n) is 13.9. The van der Waals surface area contributed by atoms with Crippen molar-refractivity contribution in [3.63, 3.8) is 0 Å². The molecule has 0 unspecified atom stereocenters. The van der Waals surface area contributed by atoms with E-state index in [2.05, 4.69) is 170 Å². The van der Waals surface area contributed by atoms with Gasteiger partial charge in [-0.3, -0.25) is 0 Å². The number of fused-ring (bicyclic) bond motifs is 11. The van der Waals surface area contributed by atoms with Crippen LogP contribution in [0.5, 0.6) is 0 Å². The second-order valence-corrected chi connectivity index (χ2v) is 13.9. The number of hydrogen-bond donors (Lipinski definition) is 0. The van der Waals surface area contributed by atoms with Gasteiger partial charge in [0.2, 0.25) is 0 Å². The third kappa shape index (κ3) is 4.79. The molecule has 0 radical (unpaired) electrons. The summed E-state index contributed by atoms with van der Waals surface area (Å²) in [4.78, 5) is 15.5. The summed E-state index contributed by atoms with van der Waals surface area (Å²) in [7, 11) is 0. The highest BCUT2D eigenvalue weighted by molar-refractivity contribution is 6.33. The standard InChI is InChI=1S/C51H31N3/c1-2-15-32(16-3-1)49-52-50(54-51(53-49)47-30-34-17-4-5-20-36(34)37-21-6-9-25-41(37)47)35-19-14-18-33(29-35)45-31-46-40-24-8-7-22-38(40)39-23-10-12-27-43(39)48(46)44-28-13-11-26-42(44)45/h1-31H. The molecule has 0 atom stereocenters. The summed E-state index contributed by atoms with van der Waals surface area (Å²) in [6.45, 7) is 0. The molecule has 3 nitrogen and oxygen atoms in total. The van der Waals surface area contributed by atoms with Crippen LogP contribution in [0.3, 0.4) is 0 Å². The van der Waals surface area contributed by atoms with Crippen LogP contribution < -0.4 is 0 Å². The Morgan fingerprint density at radius 3 is 1.39 bits per heavy atom. The number of aromatic nitrogens is 3. The third-order valence-electron chi connectivity index (χ3n) is 10.9. The Bertz CT molecular complexity index is 3280. The molecule has 11 aromatic rings. The van der Waals surface area contributed by atoms with E-state index in [-0.39, 0.29) is 0 Å². The Hall–Kier alpha value is -7.23. The molecule has 0 saturated heterocycles. The van der Waals surface area contributed by atoms with Crippen molar-refractivity contribution < 1.29 is 0 Å². The second kappa shape index (κ2) is 12.2. The quantitative estimate of drug-likeness (QED) is 0.173. The van der Waals surface area contributed by atoms with Crippen LogP contribution in [-0.4, -0.2) is 15.0 Å². The summed E-state index contributed by atoms with van der Waals surface area (Å²) in [5.41, 5.74) is 5.16. The lowest BCUT2D eigenvalue weighted by molar-refractivity contribution is 1.08. The largest absolute Gasteiger partial charge is 0.208 e. The van der Waals surface area contributed by atoms with Crippen LogP contribution in [0.2, 0.25) is 0 Å². The first-order chi connectivity index (χ1) is 26.8. The van der Waals surface area contributed by atoms with Crippen LogP contribution >= 0.6 is 0 Å². The van der Waals surface area contributed by atoms with E-state index in [0.29, 0.717) is 17.5 Å². The summed E-state index contributed by atoms with van der Waals surface area (Å²) >= 11 is 0. The Morgan fingerprint density at radius 2 is 0.685 bits per heavy atom. The zero-order valence-corrected chi connectivity index (χ0v) is 29.2. The van der Waals surface area contributed by atoms with E-state index in [1.54, 1.807) is 0 Å². The van der Waals surface area contributed by atoms with Gasteiger partial charge in [-0.05, 0) is 94.0 Å². The van der Waals surface area contributed by atoms with Gasteiger partial charge >= 0.3 is 0 Å². The molecule has 54 heavy (non-hydrogen) atoms. The first-order valence-electron chi connectivity index (χ1n) is 18.4. The predicted molar refractivity (Wildman–Crippen MR) is 227 cm³/mol. The molecule has 0 aliphatic rings. The number of rotatable bonds is 4. The predicted octanol–water partition coefficient (Wildman–Crippen LogP) is 13.5. The highest BCUT2D eigenvalue weighted by Crippen LogP contribution is 2.43. The van der Waals surface area contributed by atoms with Gasteiger partial charge in [0.05, 0.1) is 0 Å². The summed E-state index contributed by atoms with van der Waals surface area (Å²) in [6, 6.07) is 67.0. The van der Waals surface area contributed by atoms with Crippen LogP contribution in [0.1, 0.15) is 0 Å². The van der Waals surface area contributed by atoms with Gasteiger partial charge in [0.15, 0.2) is 17.5 Å². The summed E-state index contributed by atoms with van der Waals surface area (Å²) < 4.78 is 0. The summed E-state index contributed by atoms with van der Waals surface area (Å²) in [6.07, 6.45) is 0. The Kier molecular flexibility index (Phi) is 6.86. The molecule has 250 valence electrons. The minimum absolute atomic E-state index is 0.638. The smallest absolute Gasteiger partial charge is 0.164 e. The van der Waals surface area contributed by atoms with Gasteiger partial charge < -0.3 is 0 Å². The van der Waals surface area contributed by atoms with Crippen LogP contribution in [-0.2, 0) is 0 Å². The maximum atomic E-state index is 5.26. The zero-order chi connectivity index (χ0) is 35.6. The van der Waals surface area contributed by atoms with Crippen LogP contribution in [0.15, 0.2) is 188 Å². The molecule has 11 rings (SSSR count). The fraction of sp³-hybridized carbons (Fsp3) is 0. The molecule has 1 heterocycles. The molecule has 0 fully saturated rings. The minimum Gasteiger partial charge on any atom is -0.208 e. The molecule has 0 spiro atoms. The van der Waals surface area contributed by atoms with Crippen molar-refractivity contribution in [3.05, 3.63) is 188 Å². The third-order valence-corrected chi connectivity index (χ3v) is 10.9. The van der Waals surface area contributed by atoms with Crippen molar-refractivity contribution in [2.24, 2.45) is 0 Å². The average Bonchev–Trinajstić information content (AvgIpc) is 3.26. The van der Waals surface area contributed by atoms with E-state index in [4.69, 9.17) is 15.0 Å². The lowest BCUT2D eigenvalue weighted by atomic mass is 9.87. The highest BCUT2D eigenvalue weighted by Gasteiger charge is 2.18. The molecule has 0 amide bonds. The monoisotopic (exact) mass is 685 g/mol. The average molecular weight is 686 g/mol. The maximum Gasteiger partial charge on any atom is 0.164 e. The van der Waals surface area contributed by atoms with Crippen LogP contribution in [0.4, 0.5) is 0 Å². The summed E-state index contributed by atoms with van der Waals surface area (Å²) in [5, 5.41) is 14.7. The molecular formula is C51H31N3. The van der Waals surface area contributed by atoms with E-state index < -0.39 is 0 Å². The van der Waals surface area contributed by atoms with Gasteiger partial charge in [0, 0.05) is 16.7 Å². The molecule has 3 heteroatoms. The minimum atomic E-state index is 0.638. The first kappa shape index (κ1) is 30.4. The fourth-order valence-electron chi connectivity index (χ4n) is 8.41. The van der Waals surface area contributed by atoms with E-state index in [1.165, 1.54) is 59.4 Å². The van der Waals surface area contributed by atoms with Crippen molar-refractivity contribution in [1.29, 1.82) is 0 Å². The van der Waals surface area contributed by atoms with Crippen molar-refractivity contribution in [3.8, 4) is 45.3 Å². The van der Waals surface area contributed by atoms with Gasteiger partial charge in [-0.15, -0.1) is 0 Å². The molecule has 0 aliphatic heterocycles. The fourth-order valence-corrected chi connectivity index (χ4v) is 8.41. The van der Waals surface area contributed by atoms with E-state index in [1.807, 2.05) is 18.2 Å². The maximum absolute atomic E-state index is 5.26. The van der Waals surface area contributed by atoms with E-state index in [0.717, 1.165) is 33.0 Å². The number of nitrogens with zero attached hydrogens (tertiary/aromatic N) is 3. The van der Waals surface area contributed by atoms with Gasteiger partial charge in [-0.2, -0.15) is 0 Å². The molecule has 0 N–H and O–H groups in total. The number of hydrogen-bond acceptors (Lipinski definition) is 3. The van der Waals surface area contributed by atoms with Crippen LogP contribution in [0.25, 0.3) is 110 Å². The van der Waals surface area contributed by atoms with Crippen molar-refractivity contribution >= 4 is 64.6 Å². The summed E-state index contributed by atoms with van der Waals surface area (Å²) in [5.74, 6) is 1.94. The van der Waals surface area contributed by atoms with Crippen molar-refractivity contribution in [1.82, 2.24) is 15.0 Å². The Balaban J connectivity index is 1.16. The molecular weight excluding hydrogens is 655 g/mol. The molecule has 0 aliphatic carbocycles. The van der Waals surface area contributed by atoms with Crippen molar-refractivity contribution in [2.45, 2.75) is 0 Å². The lowest BCUT2D eigenvalue weighted by Gasteiger charge is -2.16. The normalized spacial score (nSPS) is 11.7. The molecule has 0 bridgehead atoms. The molecule has 10 aromatic carbocycles. The van der Waals surface area contributed by atoms with E-state index >= 15 is 0 Å². The van der Waals surface area contributed by atoms with E-state index in [9.17, 15) is 0 Å². The zero-order valence-electron chi connectivity index (χ0n) is 29.2. The lowest BCUT2D eigenvalue weighted by Crippen LogP contribution is -2.01. The Labute approximate surface area is 311 Å². The topological polar surface area (TPSA) is 38.7 Å². The highest BCUT2D eigenvalue weighted by atomic mass is 15.0. The number of benzene rings is 10.